The van der Waals surface area contributed by atoms with E-state index >= 15 is 0 Å². The van der Waals surface area contributed by atoms with Crippen LogP contribution in [0.5, 0.6) is 0 Å². The minimum absolute atomic E-state index is 0.104. The number of carbonyl (C=O) groups is 2. The highest BCUT2D eigenvalue weighted by molar-refractivity contribution is 7.92. The number of hydrogen-bond acceptors (Lipinski definition) is 4. The van der Waals surface area contributed by atoms with Crippen molar-refractivity contribution in [1.29, 1.82) is 0 Å². The standard InChI is InChI=1S/C23H27Cl4N3O4S/c1-4-5-9-28-23(32)15(2)29(13-19-20(26)7-6-8-21(19)27)22(31)14-30(35(3,33)34)18-11-16(24)10-17(25)12-18/h6-8,10-12,15H,4-5,9,13-14H2,1-3H3,(H,28,32)/t15-/m0/s1. The number of halogens is 4. The predicted molar refractivity (Wildman–Crippen MR) is 143 cm³/mol. The molecule has 0 radical (unpaired) electrons. The van der Waals surface area contributed by atoms with Gasteiger partial charge in [-0.05, 0) is 43.7 Å². The van der Waals surface area contributed by atoms with Crippen LogP contribution >= 0.6 is 46.4 Å². The van der Waals surface area contributed by atoms with Gasteiger partial charge in [-0.1, -0.05) is 65.8 Å². The van der Waals surface area contributed by atoms with Gasteiger partial charge in [0.15, 0.2) is 0 Å². The highest BCUT2D eigenvalue weighted by atomic mass is 35.5. The Morgan fingerprint density at radius 3 is 2.11 bits per heavy atom. The second-order valence-electron chi connectivity index (χ2n) is 7.94. The lowest BCUT2D eigenvalue weighted by molar-refractivity contribution is -0.139. The molecular weight excluding hydrogens is 556 g/mol. The van der Waals surface area contributed by atoms with Gasteiger partial charge in [0.05, 0.1) is 11.9 Å². The Kier molecular flexibility index (Phi) is 11.0. The van der Waals surface area contributed by atoms with E-state index in [4.69, 9.17) is 46.4 Å². The molecule has 0 aromatic heterocycles. The number of anilines is 1. The van der Waals surface area contributed by atoms with Crippen molar-refractivity contribution in [2.24, 2.45) is 0 Å². The van der Waals surface area contributed by atoms with Crippen molar-refractivity contribution >= 4 is 73.9 Å². The molecule has 0 aliphatic rings. The van der Waals surface area contributed by atoms with Gasteiger partial charge in [0.1, 0.15) is 12.6 Å². The van der Waals surface area contributed by atoms with Crippen LogP contribution in [0.2, 0.25) is 20.1 Å². The monoisotopic (exact) mass is 581 g/mol. The lowest BCUT2D eigenvalue weighted by Crippen LogP contribution is -2.51. The third kappa shape index (κ3) is 8.43. The molecule has 0 aliphatic heterocycles. The number of nitrogens with zero attached hydrogens (tertiary/aromatic N) is 2. The minimum atomic E-state index is -3.92. The summed E-state index contributed by atoms with van der Waals surface area (Å²) in [6.07, 6.45) is 2.63. The van der Waals surface area contributed by atoms with E-state index in [-0.39, 0.29) is 28.2 Å². The molecule has 0 saturated carbocycles. The molecular formula is C23H27Cl4N3O4S. The largest absolute Gasteiger partial charge is 0.354 e. The number of nitrogens with one attached hydrogen (secondary N) is 1. The van der Waals surface area contributed by atoms with Crippen molar-refractivity contribution < 1.29 is 18.0 Å². The molecule has 192 valence electrons. The maximum absolute atomic E-state index is 13.5. The molecule has 0 spiro atoms. The molecule has 7 nitrogen and oxygen atoms in total. The Labute approximate surface area is 226 Å². The molecule has 1 N–H and O–H groups in total. The molecule has 0 bridgehead atoms. The Hall–Kier alpha value is -1.71. The molecule has 1 atom stereocenters. The zero-order valence-electron chi connectivity index (χ0n) is 19.5. The SMILES string of the molecule is CCCCNC(=O)[C@H](C)N(Cc1c(Cl)cccc1Cl)C(=O)CN(c1cc(Cl)cc(Cl)c1)S(C)(=O)=O. The van der Waals surface area contributed by atoms with Crippen LogP contribution in [-0.4, -0.2) is 50.5 Å². The number of hydrogen-bond donors (Lipinski definition) is 1. The maximum atomic E-state index is 13.5. The smallest absolute Gasteiger partial charge is 0.244 e. The summed E-state index contributed by atoms with van der Waals surface area (Å²) in [5.74, 6) is -1.02. The third-order valence-corrected chi connectivity index (χ3v) is 7.49. The van der Waals surface area contributed by atoms with Crippen molar-refractivity contribution in [3.8, 4) is 0 Å². The average Bonchev–Trinajstić information content (AvgIpc) is 2.75. The van der Waals surface area contributed by atoms with E-state index in [0.717, 1.165) is 23.4 Å². The van der Waals surface area contributed by atoms with E-state index in [1.807, 2.05) is 6.92 Å². The van der Waals surface area contributed by atoms with E-state index in [2.05, 4.69) is 5.32 Å². The van der Waals surface area contributed by atoms with Crippen molar-refractivity contribution in [3.05, 3.63) is 62.1 Å². The molecule has 2 aromatic carbocycles. The van der Waals surface area contributed by atoms with Crippen molar-refractivity contribution in [2.75, 3.05) is 23.7 Å². The summed E-state index contributed by atoms with van der Waals surface area (Å²) in [4.78, 5) is 27.6. The number of carbonyl (C=O) groups excluding carboxylic acids is 2. The fraction of sp³-hybridized carbons (Fsp3) is 0.391. The van der Waals surface area contributed by atoms with Crippen molar-refractivity contribution in [1.82, 2.24) is 10.2 Å². The minimum Gasteiger partial charge on any atom is -0.354 e. The molecule has 0 saturated heterocycles. The molecule has 0 heterocycles. The molecule has 0 fully saturated rings. The fourth-order valence-electron chi connectivity index (χ4n) is 3.27. The van der Waals surface area contributed by atoms with Crippen molar-refractivity contribution in [3.63, 3.8) is 0 Å². The van der Waals surface area contributed by atoms with E-state index < -0.39 is 28.5 Å². The van der Waals surface area contributed by atoms with Crippen LogP contribution in [0.25, 0.3) is 0 Å². The van der Waals surface area contributed by atoms with Crippen molar-refractivity contribution in [2.45, 2.75) is 39.3 Å². The number of amides is 2. The normalized spacial score (nSPS) is 12.2. The summed E-state index contributed by atoms with van der Waals surface area (Å²) >= 11 is 24.7. The lowest BCUT2D eigenvalue weighted by atomic mass is 10.1. The quantitative estimate of drug-likeness (QED) is 0.359. The molecule has 2 amide bonds. The second-order valence-corrected chi connectivity index (χ2v) is 11.5. The Bertz CT molecular complexity index is 1140. The maximum Gasteiger partial charge on any atom is 0.244 e. The van der Waals surface area contributed by atoms with Gasteiger partial charge in [0.25, 0.3) is 0 Å². The van der Waals surface area contributed by atoms with Gasteiger partial charge in [-0.15, -0.1) is 0 Å². The number of unbranched alkanes of at least 4 members (excludes halogenated alkanes) is 1. The fourth-order valence-corrected chi connectivity index (χ4v) is 5.13. The number of benzene rings is 2. The van der Waals surface area contributed by atoms with Crippen LogP contribution in [-0.2, 0) is 26.2 Å². The van der Waals surface area contributed by atoms with E-state index in [0.29, 0.717) is 22.2 Å². The zero-order valence-corrected chi connectivity index (χ0v) is 23.4. The first-order valence-electron chi connectivity index (χ1n) is 10.8. The molecule has 12 heteroatoms. The van der Waals surface area contributed by atoms with Gasteiger partial charge in [-0.3, -0.25) is 13.9 Å². The molecule has 0 unspecified atom stereocenters. The highest BCUT2D eigenvalue weighted by Crippen LogP contribution is 2.29. The van der Waals surface area contributed by atoms with Crippen LogP contribution in [0, 0.1) is 0 Å². The summed E-state index contributed by atoms with van der Waals surface area (Å²) in [6, 6.07) is 8.19. The average molecular weight is 583 g/mol. The summed E-state index contributed by atoms with van der Waals surface area (Å²) in [7, 11) is -3.92. The first-order valence-corrected chi connectivity index (χ1v) is 14.1. The van der Waals surface area contributed by atoms with Gasteiger partial charge in [-0.2, -0.15) is 0 Å². The molecule has 35 heavy (non-hydrogen) atoms. The molecule has 0 aliphatic carbocycles. The van der Waals surface area contributed by atoms with E-state index in [1.165, 1.54) is 23.1 Å². The topological polar surface area (TPSA) is 86.8 Å². The van der Waals surface area contributed by atoms with Gasteiger partial charge in [0.2, 0.25) is 21.8 Å². The lowest BCUT2D eigenvalue weighted by Gasteiger charge is -2.32. The first-order chi connectivity index (χ1) is 16.3. The van der Waals surface area contributed by atoms with Crippen LogP contribution in [0.15, 0.2) is 36.4 Å². The van der Waals surface area contributed by atoms with Crippen LogP contribution < -0.4 is 9.62 Å². The van der Waals surface area contributed by atoms with E-state index in [1.54, 1.807) is 25.1 Å². The summed E-state index contributed by atoms with van der Waals surface area (Å²) in [5.41, 5.74) is 0.559. The van der Waals surface area contributed by atoms with Crippen LogP contribution in [0.4, 0.5) is 5.69 Å². The van der Waals surface area contributed by atoms with Gasteiger partial charge in [-0.25, -0.2) is 8.42 Å². The third-order valence-electron chi connectivity index (χ3n) is 5.20. The van der Waals surface area contributed by atoms with Gasteiger partial charge < -0.3 is 10.2 Å². The number of sulfonamides is 1. The second kappa shape index (κ2) is 13.0. The summed E-state index contributed by atoms with van der Waals surface area (Å²) in [6.45, 7) is 3.31. The van der Waals surface area contributed by atoms with Gasteiger partial charge in [0, 0.05) is 38.7 Å². The molecule has 2 aromatic rings. The first kappa shape index (κ1) is 29.5. The predicted octanol–water partition coefficient (Wildman–Crippen LogP) is 5.40. The van der Waals surface area contributed by atoms with Crippen LogP contribution in [0.3, 0.4) is 0 Å². The van der Waals surface area contributed by atoms with Crippen LogP contribution in [0.1, 0.15) is 32.3 Å². The highest BCUT2D eigenvalue weighted by Gasteiger charge is 2.31. The zero-order chi connectivity index (χ0) is 26.3. The van der Waals surface area contributed by atoms with E-state index in [9.17, 15) is 18.0 Å². The number of rotatable bonds is 11. The Morgan fingerprint density at radius 1 is 1.03 bits per heavy atom. The van der Waals surface area contributed by atoms with Gasteiger partial charge >= 0.3 is 0 Å². The summed E-state index contributed by atoms with van der Waals surface area (Å²) < 4.78 is 26.1. The molecule has 2 rings (SSSR count). The Morgan fingerprint density at radius 2 is 1.60 bits per heavy atom. The summed E-state index contributed by atoms with van der Waals surface area (Å²) in [5, 5.41) is 3.84. The Balaban J connectivity index is 2.44.